The molecular formula is C26H29ClO9. The molecule has 0 radical (unpaired) electrons. The van der Waals surface area contributed by atoms with Gasteiger partial charge in [-0.1, -0.05) is 23.7 Å². The van der Waals surface area contributed by atoms with Gasteiger partial charge in [0.05, 0.1) is 13.2 Å². The van der Waals surface area contributed by atoms with Crippen LogP contribution >= 0.6 is 11.6 Å². The molecule has 3 rings (SSSR count). The average molecular weight is 521 g/mol. The Hall–Kier alpha value is -3.11. The van der Waals surface area contributed by atoms with E-state index in [0.717, 1.165) is 11.6 Å². The molecule has 0 bridgehead atoms. The number of benzene rings is 2. The second-order valence-corrected chi connectivity index (χ2v) is 9.01. The minimum Gasteiger partial charge on any atom is -0.508 e. The minimum atomic E-state index is -1.84. The summed E-state index contributed by atoms with van der Waals surface area (Å²) < 4.78 is 16.4. The van der Waals surface area contributed by atoms with Gasteiger partial charge in [0.15, 0.2) is 5.60 Å². The first-order valence-electron chi connectivity index (χ1n) is 11.4. The van der Waals surface area contributed by atoms with Gasteiger partial charge in [0.25, 0.3) is 0 Å². The molecule has 1 aliphatic carbocycles. The van der Waals surface area contributed by atoms with Gasteiger partial charge in [-0.2, -0.15) is 0 Å². The van der Waals surface area contributed by atoms with E-state index in [9.17, 15) is 30.0 Å². The number of esters is 1. The Morgan fingerprint density at radius 2 is 1.86 bits per heavy atom. The number of methoxy groups -OCH3 is 1. The number of rotatable bonds is 10. The number of carbonyl (C=O) groups excluding carboxylic acids is 1. The largest absolute Gasteiger partial charge is 0.508 e. The van der Waals surface area contributed by atoms with Gasteiger partial charge in [0.1, 0.15) is 23.7 Å². The summed E-state index contributed by atoms with van der Waals surface area (Å²) in [5, 5.41) is 40.5. The number of halogens is 1. The minimum absolute atomic E-state index is 0.0339. The van der Waals surface area contributed by atoms with Gasteiger partial charge in [-0.3, -0.25) is 0 Å². The maximum Gasteiger partial charge on any atom is 0.336 e. The number of carboxylic acid groups (broad SMARTS) is 1. The quantitative estimate of drug-likeness (QED) is 0.211. The topological polar surface area (TPSA) is 143 Å². The van der Waals surface area contributed by atoms with Crippen molar-refractivity contribution in [1.82, 2.24) is 0 Å². The monoisotopic (exact) mass is 520 g/mol. The number of hydrogen-bond donors (Lipinski definition) is 4. The van der Waals surface area contributed by atoms with E-state index in [1.54, 1.807) is 37.4 Å². The number of hydrogen-bond acceptors (Lipinski definition) is 8. The van der Waals surface area contributed by atoms with Gasteiger partial charge in [0, 0.05) is 30.5 Å². The first-order chi connectivity index (χ1) is 17.1. The maximum atomic E-state index is 12.3. The lowest BCUT2D eigenvalue weighted by Gasteiger charge is -2.41. The van der Waals surface area contributed by atoms with Gasteiger partial charge >= 0.3 is 11.9 Å². The van der Waals surface area contributed by atoms with E-state index in [4.69, 9.17) is 25.8 Å². The molecule has 0 saturated heterocycles. The Bertz CT molecular complexity index is 1090. The van der Waals surface area contributed by atoms with E-state index in [1.165, 1.54) is 18.2 Å². The molecule has 10 heteroatoms. The number of aryl methyl sites for hydroxylation is 1. The van der Waals surface area contributed by atoms with Crippen LogP contribution < -0.4 is 4.74 Å². The fraction of sp³-hybridized carbons (Fsp3) is 0.385. The lowest BCUT2D eigenvalue weighted by atomic mass is 9.79. The van der Waals surface area contributed by atoms with Crippen LogP contribution in [0.1, 0.15) is 30.4 Å². The summed E-state index contributed by atoms with van der Waals surface area (Å²) in [6, 6.07) is 11.3. The standard InChI is InChI=1S/C26H29ClO9/c1-34-21-10-7-18(27)13-17(21)3-2-12-35-26(25(32)33)14-20(29)24(31)22(15-26)36-23(30)11-6-16-4-8-19(28)9-5-16/h4-11,13,20,22,24,28-29,31H,2-3,12,14-15H2,1H3,(H,32,33)/b11-6+/t20-,22+,24+,26-/m0/s1. The van der Waals surface area contributed by atoms with Crippen LogP contribution in [-0.4, -0.2) is 70.0 Å². The van der Waals surface area contributed by atoms with Crippen molar-refractivity contribution >= 4 is 29.6 Å². The number of aromatic hydroxyl groups is 1. The van der Waals surface area contributed by atoms with Gasteiger partial charge < -0.3 is 34.6 Å². The molecule has 4 atom stereocenters. The van der Waals surface area contributed by atoms with Crippen molar-refractivity contribution in [2.45, 2.75) is 49.6 Å². The summed E-state index contributed by atoms with van der Waals surface area (Å²) in [7, 11) is 1.54. The van der Waals surface area contributed by atoms with Crippen molar-refractivity contribution in [3.8, 4) is 11.5 Å². The molecule has 0 aromatic heterocycles. The van der Waals surface area contributed by atoms with Crippen LogP contribution in [0.3, 0.4) is 0 Å². The summed E-state index contributed by atoms with van der Waals surface area (Å²) in [6.45, 7) is 0.0339. The van der Waals surface area contributed by atoms with Crippen molar-refractivity contribution in [3.63, 3.8) is 0 Å². The fourth-order valence-corrected chi connectivity index (χ4v) is 4.31. The Morgan fingerprint density at radius 1 is 1.14 bits per heavy atom. The third kappa shape index (κ3) is 6.98. The highest BCUT2D eigenvalue weighted by atomic mass is 35.5. The van der Waals surface area contributed by atoms with Gasteiger partial charge in [-0.05, 0) is 60.4 Å². The van der Waals surface area contributed by atoms with Crippen molar-refractivity contribution in [2.24, 2.45) is 0 Å². The smallest absolute Gasteiger partial charge is 0.336 e. The van der Waals surface area contributed by atoms with Gasteiger partial charge in [0.2, 0.25) is 0 Å². The molecular weight excluding hydrogens is 492 g/mol. The van der Waals surface area contributed by atoms with Crippen molar-refractivity contribution in [2.75, 3.05) is 13.7 Å². The van der Waals surface area contributed by atoms with E-state index in [1.807, 2.05) is 0 Å². The molecule has 2 aromatic rings. The summed E-state index contributed by atoms with van der Waals surface area (Å²) in [4.78, 5) is 24.5. The van der Waals surface area contributed by atoms with Crippen molar-refractivity contribution in [3.05, 3.63) is 64.7 Å². The zero-order chi connectivity index (χ0) is 26.3. The van der Waals surface area contributed by atoms with E-state index >= 15 is 0 Å². The molecule has 0 aliphatic heterocycles. The van der Waals surface area contributed by atoms with Gasteiger partial charge in [-0.25, -0.2) is 9.59 Å². The molecule has 1 saturated carbocycles. The molecule has 0 spiro atoms. The summed E-state index contributed by atoms with van der Waals surface area (Å²) in [5.74, 6) is -1.43. The average Bonchev–Trinajstić information content (AvgIpc) is 2.84. The van der Waals surface area contributed by atoms with Crippen LogP contribution in [0.15, 0.2) is 48.5 Å². The number of ether oxygens (including phenoxy) is 3. The number of aliphatic hydroxyl groups excluding tert-OH is 2. The number of carboxylic acids is 1. The SMILES string of the molecule is COc1ccc(Cl)cc1CCCO[C@@]1(C(=O)O)C[C@H](O)[C@@H](O)[C@H](OC(=O)/C=C/c2ccc(O)cc2)C1. The molecule has 0 amide bonds. The predicted molar refractivity (Wildman–Crippen MR) is 131 cm³/mol. The zero-order valence-electron chi connectivity index (χ0n) is 19.7. The highest BCUT2D eigenvalue weighted by Crippen LogP contribution is 2.35. The van der Waals surface area contributed by atoms with Crippen LogP contribution in [-0.2, 0) is 25.5 Å². The van der Waals surface area contributed by atoms with Crippen LogP contribution in [0.5, 0.6) is 11.5 Å². The second kappa shape index (κ2) is 12.2. The van der Waals surface area contributed by atoms with E-state index in [2.05, 4.69) is 0 Å². The molecule has 194 valence electrons. The van der Waals surface area contributed by atoms with Crippen LogP contribution in [0.25, 0.3) is 6.08 Å². The predicted octanol–water partition coefficient (Wildman–Crippen LogP) is 2.97. The van der Waals surface area contributed by atoms with Crippen LogP contribution in [0.2, 0.25) is 5.02 Å². The van der Waals surface area contributed by atoms with Crippen LogP contribution in [0, 0.1) is 0 Å². The Balaban J connectivity index is 1.63. The molecule has 0 unspecified atom stereocenters. The molecule has 9 nitrogen and oxygen atoms in total. The molecule has 2 aromatic carbocycles. The highest BCUT2D eigenvalue weighted by molar-refractivity contribution is 6.30. The van der Waals surface area contributed by atoms with Gasteiger partial charge in [-0.15, -0.1) is 0 Å². The highest BCUT2D eigenvalue weighted by Gasteiger charge is 2.52. The molecule has 0 heterocycles. The van der Waals surface area contributed by atoms with E-state index < -0.39 is 35.9 Å². The number of aliphatic hydroxyl groups is 2. The number of phenols is 1. The Morgan fingerprint density at radius 3 is 2.53 bits per heavy atom. The molecule has 1 fully saturated rings. The van der Waals surface area contributed by atoms with E-state index in [-0.39, 0.29) is 25.2 Å². The maximum absolute atomic E-state index is 12.3. The summed E-state index contributed by atoms with van der Waals surface area (Å²) >= 11 is 6.05. The lowest BCUT2D eigenvalue weighted by Crippen LogP contribution is -2.58. The Labute approximate surface area is 213 Å². The normalized spacial score (nSPS) is 23.9. The van der Waals surface area contributed by atoms with E-state index in [0.29, 0.717) is 29.2 Å². The summed E-state index contributed by atoms with van der Waals surface area (Å²) in [5.41, 5.74) is -0.388. The Kier molecular flexibility index (Phi) is 9.33. The number of carbonyl (C=O) groups is 2. The third-order valence-corrected chi connectivity index (χ3v) is 6.25. The lowest BCUT2D eigenvalue weighted by molar-refractivity contribution is -0.207. The molecule has 4 N–H and O–H groups in total. The molecule has 1 aliphatic rings. The molecule has 36 heavy (non-hydrogen) atoms. The summed E-state index contributed by atoms with van der Waals surface area (Å²) in [6.07, 6.45) is -1.43. The van der Waals surface area contributed by atoms with Crippen LogP contribution in [0.4, 0.5) is 0 Å². The second-order valence-electron chi connectivity index (χ2n) is 8.57. The first-order valence-corrected chi connectivity index (χ1v) is 11.7. The number of aliphatic carboxylic acids is 1. The first kappa shape index (κ1) is 27.5. The number of phenolic OH excluding ortho intramolecular Hbond substituents is 1. The fourth-order valence-electron chi connectivity index (χ4n) is 4.11. The van der Waals surface area contributed by atoms with Crippen molar-refractivity contribution in [1.29, 1.82) is 0 Å². The van der Waals surface area contributed by atoms with Crippen molar-refractivity contribution < 1.29 is 44.2 Å². The zero-order valence-corrected chi connectivity index (χ0v) is 20.4. The third-order valence-electron chi connectivity index (χ3n) is 6.02.